The zero-order valence-corrected chi connectivity index (χ0v) is 15.6. The lowest BCUT2D eigenvalue weighted by molar-refractivity contribution is -0.140. The maximum atomic E-state index is 12.3. The second kappa shape index (κ2) is 8.61. The lowest BCUT2D eigenvalue weighted by atomic mass is 10.0. The molecule has 0 aliphatic carbocycles. The average Bonchev–Trinajstić information content (AvgIpc) is 3.11. The molecule has 1 fully saturated rings. The molecule has 144 valence electrons. The highest BCUT2D eigenvalue weighted by Crippen LogP contribution is 2.14. The van der Waals surface area contributed by atoms with E-state index in [0.29, 0.717) is 6.61 Å². The maximum absolute atomic E-state index is 12.3. The van der Waals surface area contributed by atoms with Gasteiger partial charge in [0.1, 0.15) is 6.04 Å². The maximum Gasteiger partial charge on any atom is 0.326 e. The first-order chi connectivity index (χ1) is 12.2. The number of carbonyl (C=O) groups excluding carboxylic acids is 1. The smallest absolute Gasteiger partial charge is 0.326 e. The van der Waals surface area contributed by atoms with Crippen LogP contribution in [0.5, 0.6) is 0 Å². The van der Waals surface area contributed by atoms with Crippen molar-refractivity contribution < 1.29 is 27.9 Å². The molecule has 26 heavy (non-hydrogen) atoms. The van der Waals surface area contributed by atoms with E-state index in [1.54, 1.807) is 13.8 Å². The first-order valence-electron chi connectivity index (χ1n) is 8.45. The highest BCUT2D eigenvalue weighted by Gasteiger charge is 2.24. The van der Waals surface area contributed by atoms with Gasteiger partial charge in [-0.2, -0.15) is 0 Å². The summed E-state index contributed by atoms with van der Waals surface area (Å²) in [5.74, 6) is -1.97. The van der Waals surface area contributed by atoms with Crippen LogP contribution in [0.4, 0.5) is 0 Å². The Bertz CT molecular complexity index is 739. The Balaban J connectivity index is 2.02. The van der Waals surface area contributed by atoms with Gasteiger partial charge in [0.05, 0.1) is 11.0 Å². The lowest BCUT2D eigenvalue weighted by Gasteiger charge is -2.18. The van der Waals surface area contributed by atoms with Crippen LogP contribution < -0.4 is 10.0 Å². The Morgan fingerprint density at radius 1 is 1.27 bits per heavy atom. The summed E-state index contributed by atoms with van der Waals surface area (Å²) in [7, 11) is -3.70. The number of hydrogen-bond acceptors (Lipinski definition) is 5. The molecule has 1 heterocycles. The van der Waals surface area contributed by atoms with E-state index in [0.717, 1.165) is 12.8 Å². The first kappa shape index (κ1) is 20.3. The van der Waals surface area contributed by atoms with Gasteiger partial charge in [0.2, 0.25) is 10.0 Å². The monoisotopic (exact) mass is 384 g/mol. The van der Waals surface area contributed by atoms with Gasteiger partial charge >= 0.3 is 5.97 Å². The fourth-order valence-electron chi connectivity index (χ4n) is 2.61. The van der Waals surface area contributed by atoms with Crippen LogP contribution in [0.25, 0.3) is 0 Å². The molecule has 8 nitrogen and oxygen atoms in total. The zero-order valence-electron chi connectivity index (χ0n) is 14.8. The molecule has 2 atom stereocenters. The summed E-state index contributed by atoms with van der Waals surface area (Å²) in [6.45, 7) is 4.23. The highest BCUT2D eigenvalue weighted by molar-refractivity contribution is 7.89. The topological polar surface area (TPSA) is 122 Å². The van der Waals surface area contributed by atoms with Crippen molar-refractivity contribution in [2.75, 3.05) is 13.2 Å². The van der Waals surface area contributed by atoms with Crippen LogP contribution in [0.15, 0.2) is 29.2 Å². The van der Waals surface area contributed by atoms with Crippen molar-refractivity contribution in [1.82, 2.24) is 10.0 Å². The molecule has 1 aliphatic rings. The first-order valence-corrected chi connectivity index (χ1v) is 9.94. The van der Waals surface area contributed by atoms with E-state index >= 15 is 0 Å². The summed E-state index contributed by atoms with van der Waals surface area (Å²) in [5, 5.41) is 11.6. The molecule has 0 bridgehead atoms. The van der Waals surface area contributed by atoms with E-state index < -0.39 is 27.9 Å². The lowest BCUT2D eigenvalue weighted by Crippen LogP contribution is -2.44. The van der Waals surface area contributed by atoms with Gasteiger partial charge < -0.3 is 15.2 Å². The van der Waals surface area contributed by atoms with Crippen molar-refractivity contribution in [1.29, 1.82) is 0 Å². The fourth-order valence-corrected chi connectivity index (χ4v) is 3.68. The zero-order chi connectivity index (χ0) is 19.3. The Kier molecular flexibility index (Phi) is 6.74. The predicted octanol–water partition coefficient (Wildman–Crippen LogP) is 0.983. The standard InChI is InChI=1S/C17H24N2O6S/c1-11(2)15(17(21)22)19-16(20)12-5-7-14(8-6-12)26(23,24)18-10-13-4-3-9-25-13/h5-8,11,13,15,18H,3-4,9-10H2,1-2H3,(H,19,20)(H,21,22)/t13?,15-/m1/s1. The molecule has 0 saturated carbocycles. The van der Waals surface area contributed by atoms with Gasteiger partial charge in [-0.1, -0.05) is 13.8 Å². The van der Waals surface area contributed by atoms with Crippen LogP contribution in [0.1, 0.15) is 37.0 Å². The molecular weight excluding hydrogens is 360 g/mol. The van der Waals surface area contributed by atoms with Gasteiger partial charge in [-0.3, -0.25) is 4.79 Å². The third kappa shape index (κ3) is 5.26. The molecule has 1 unspecified atom stereocenters. The van der Waals surface area contributed by atoms with Crippen LogP contribution in [0, 0.1) is 5.92 Å². The molecule has 1 amide bonds. The van der Waals surface area contributed by atoms with E-state index in [-0.39, 0.29) is 29.0 Å². The summed E-state index contributed by atoms with van der Waals surface area (Å²) in [6, 6.07) is 4.33. The molecule has 9 heteroatoms. The van der Waals surface area contributed by atoms with Crippen molar-refractivity contribution in [3.8, 4) is 0 Å². The van der Waals surface area contributed by atoms with Gasteiger partial charge in [0.15, 0.2) is 0 Å². The third-order valence-corrected chi connectivity index (χ3v) is 5.61. The fraction of sp³-hybridized carbons (Fsp3) is 0.529. The van der Waals surface area contributed by atoms with Crippen molar-refractivity contribution >= 4 is 21.9 Å². The second-order valence-corrected chi connectivity index (χ2v) is 8.31. The Hall–Kier alpha value is -1.97. The second-order valence-electron chi connectivity index (χ2n) is 6.54. The Morgan fingerprint density at radius 3 is 2.42 bits per heavy atom. The van der Waals surface area contributed by atoms with Crippen molar-refractivity contribution in [2.45, 2.75) is 43.7 Å². The molecule has 1 aliphatic heterocycles. The summed E-state index contributed by atoms with van der Waals surface area (Å²) >= 11 is 0. The number of aliphatic carboxylic acids is 1. The number of amides is 1. The number of ether oxygens (including phenoxy) is 1. The number of carbonyl (C=O) groups is 2. The minimum absolute atomic E-state index is 0.0330. The normalized spacial score (nSPS) is 18.7. The number of hydrogen-bond donors (Lipinski definition) is 3. The highest BCUT2D eigenvalue weighted by atomic mass is 32.2. The van der Waals surface area contributed by atoms with E-state index in [1.807, 2.05) is 0 Å². The summed E-state index contributed by atoms with van der Waals surface area (Å²) in [4.78, 5) is 23.4. The number of benzene rings is 1. The summed E-state index contributed by atoms with van der Waals surface area (Å²) in [6.07, 6.45) is 1.63. The van der Waals surface area contributed by atoms with Crippen LogP contribution >= 0.6 is 0 Å². The molecule has 2 rings (SSSR count). The van der Waals surface area contributed by atoms with Gasteiger partial charge in [0, 0.05) is 18.7 Å². The van der Waals surface area contributed by atoms with Crippen LogP contribution in [0.2, 0.25) is 0 Å². The summed E-state index contributed by atoms with van der Waals surface area (Å²) < 4.78 is 32.4. The molecule has 0 spiro atoms. The van der Waals surface area contributed by atoms with Crippen molar-refractivity contribution in [3.63, 3.8) is 0 Å². The quantitative estimate of drug-likeness (QED) is 0.614. The van der Waals surface area contributed by atoms with Gasteiger partial charge in [-0.05, 0) is 43.0 Å². The number of nitrogens with one attached hydrogen (secondary N) is 2. The molecule has 1 aromatic rings. The minimum atomic E-state index is -3.70. The van der Waals surface area contributed by atoms with E-state index in [2.05, 4.69) is 10.0 Å². The van der Waals surface area contributed by atoms with Gasteiger partial charge in [-0.15, -0.1) is 0 Å². The Morgan fingerprint density at radius 2 is 1.92 bits per heavy atom. The average molecular weight is 384 g/mol. The SMILES string of the molecule is CC(C)[C@@H](NC(=O)c1ccc(S(=O)(=O)NCC2CCCO2)cc1)C(=O)O. The Labute approximate surface area is 153 Å². The largest absolute Gasteiger partial charge is 0.480 e. The molecule has 3 N–H and O–H groups in total. The van der Waals surface area contributed by atoms with E-state index in [9.17, 15) is 18.0 Å². The van der Waals surface area contributed by atoms with Crippen LogP contribution in [-0.4, -0.2) is 50.7 Å². The molecular formula is C17H24N2O6S. The summed E-state index contributed by atoms with van der Waals surface area (Å²) in [5.41, 5.74) is 0.190. The molecule has 0 radical (unpaired) electrons. The number of sulfonamides is 1. The van der Waals surface area contributed by atoms with Gasteiger partial charge in [0.25, 0.3) is 5.91 Å². The van der Waals surface area contributed by atoms with Crippen molar-refractivity contribution in [2.24, 2.45) is 5.92 Å². The van der Waals surface area contributed by atoms with Crippen molar-refractivity contribution in [3.05, 3.63) is 29.8 Å². The molecule has 1 saturated heterocycles. The molecule has 1 aromatic carbocycles. The van der Waals surface area contributed by atoms with Gasteiger partial charge in [-0.25, -0.2) is 17.9 Å². The molecule has 0 aromatic heterocycles. The predicted molar refractivity (Wildman–Crippen MR) is 94.3 cm³/mol. The number of carboxylic acids is 1. The van der Waals surface area contributed by atoms with E-state index in [1.165, 1.54) is 24.3 Å². The van der Waals surface area contributed by atoms with E-state index in [4.69, 9.17) is 9.84 Å². The number of carboxylic acid groups (broad SMARTS) is 1. The van der Waals surface area contributed by atoms with Crippen LogP contribution in [-0.2, 0) is 19.6 Å². The minimum Gasteiger partial charge on any atom is -0.480 e. The third-order valence-electron chi connectivity index (χ3n) is 4.17. The number of rotatable bonds is 8. The van der Waals surface area contributed by atoms with Crippen LogP contribution in [0.3, 0.4) is 0 Å².